The molecule has 0 spiro atoms. The fourth-order valence-electron chi connectivity index (χ4n) is 2.72. The van der Waals surface area contributed by atoms with Gasteiger partial charge in [-0.15, -0.1) is 0 Å². The number of aromatic nitrogens is 2. The van der Waals surface area contributed by atoms with Crippen molar-refractivity contribution in [3.05, 3.63) is 52.9 Å². The van der Waals surface area contributed by atoms with E-state index in [1.165, 1.54) is 34.4 Å². The number of aryl methyl sites for hydroxylation is 2. The van der Waals surface area contributed by atoms with Crippen LogP contribution in [0.3, 0.4) is 0 Å². The number of hydrogen-bond acceptors (Lipinski definition) is 4. The number of nitrogens with zero attached hydrogens (tertiary/aromatic N) is 2. The van der Waals surface area contributed by atoms with Crippen LogP contribution in [0.2, 0.25) is 0 Å². The minimum absolute atomic E-state index is 0.0286. The van der Waals surface area contributed by atoms with Crippen LogP contribution < -0.4 is 21.0 Å². The van der Waals surface area contributed by atoms with Gasteiger partial charge in [0, 0.05) is 26.8 Å². The Hall–Kier alpha value is -3.27. The molecule has 0 unspecified atom stereocenters. The van der Waals surface area contributed by atoms with Gasteiger partial charge in [0.1, 0.15) is 0 Å². The molecule has 1 aromatic heterocycles. The van der Waals surface area contributed by atoms with Crippen molar-refractivity contribution in [3.8, 4) is 0 Å². The summed E-state index contributed by atoms with van der Waals surface area (Å²) < 4.78 is 30.8. The lowest BCUT2D eigenvalue weighted by molar-refractivity contribution is 0.254. The van der Waals surface area contributed by atoms with Gasteiger partial charge in [0.2, 0.25) is 0 Å². The van der Waals surface area contributed by atoms with Crippen molar-refractivity contribution in [3.63, 3.8) is 0 Å². The molecular weight excluding hydrogens is 370 g/mol. The van der Waals surface area contributed by atoms with E-state index in [1.807, 2.05) is 0 Å². The van der Waals surface area contributed by atoms with Gasteiger partial charge in [-0.05, 0) is 36.4 Å². The number of fused-ring (bicyclic) bond motifs is 1. The second-order valence-corrected chi connectivity index (χ2v) is 7.62. The van der Waals surface area contributed by atoms with E-state index in [0.29, 0.717) is 22.4 Å². The lowest BCUT2D eigenvalue weighted by atomic mass is 10.3. The molecule has 0 radical (unpaired) electrons. The molecule has 27 heavy (non-hydrogen) atoms. The van der Waals surface area contributed by atoms with E-state index in [-0.39, 0.29) is 10.6 Å². The first kappa shape index (κ1) is 18.5. The van der Waals surface area contributed by atoms with Crippen LogP contribution in [0, 0.1) is 0 Å². The first-order valence-electron chi connectivity index (χ1n) is 8.00. The Balaban J connectivity index is 1.94. The number of amides is 2. The number of sulfonamides is 1. The number of carbonyl (C=O) groups is 1. The van der Waals surface area contributed by atoms with Crippen molar-refractivity contribution in [2.24, 2.45) is 14.1 Å². The van der Waals surface area contributed by atoms with Gasteiger partial charge in [0.15, 0.2) is 0 Å². The highest BCUT2D eigenvalue weighted by Gasteiger charge is 2.17. The lowest BCUT2D eigenvalue weighted by Gasteiger charge is -2.10. The Morgan fingerprint density at radius 1 is 0.963 bits per heavy atom. The van der Waals surface area contributed by atoms with Crippen LogP contribution in [0.1, 0.15) is 0 Å². The molecule has 0 atom stereocenters. The average molecular weight is 389 g/mol. The van der Waals surface area contributed by atoms with Gasteiger partial charge in [-0.3, -0.25) is 13.9 Å². The molecule has 3 aromatic rings. The average Bonchev–Trinajstić information content (AvgIpc) is 2.85. The molecule has 0 aliphatic heterocycles. The Morgan fingerprint density at radius 3 is 2.33 bits per heavy atom. The van der Waals surface area contributed by atoms with Crippen LogP contribution in [-0.2, 0) is 24.1 Å². The molecule has 10 heteroatoms. The highest BCUT2D eigenvalue weighted by atomic mass is 32.2. The minimum Gasteiger partial charge on any atom is -0.341 e. The normalized spacial score (nSPS) is 11.4. The van der Waals surface area contributed by atoms with Gasteiger partial charge in [-0.2, -0.15) is 0 Å². The van der Waals surface area contributed by atoms with Crippen molar-refractivity contribution in [2.45, 2.75) is 4.90 Å². The summed E-state index contributed by atoms with van der Waals surface area (Å²) >= 11 is 0. The van der Waals surface area contributed by atoms with E-state index < -0.39 is 16.1 Å². The van der Waals surface area contributed by atoms with Gasteiger partial charge >= 0.3 is 11.7 Å². The zero-order valence-electron chi connectivity index (χ0n) is 15.0. The zero-order valence-corrected chi connectivity index (χ0v) is 15.8. The number of anilines is 2. The molecule has 0 saturated carbocycles. The second kappa shape index (κ2) is 6.80. The third kappa shape index (κ3) is 3.51. The summed E-state index contributed by atoms with van der Waals surface area (Å²) in [5.74, 6) is 0. The fourth-order valence-corrected chi connectivity index (χ4v) is 3.79. The van der Waals surface area contributed by atoms with Crippen molar-refractivity contribution in [1.82, 2.24) is 14.5 Å². The maximum absolute atomic E-state index is 12.7. The minimum atomic E-state index is -3.88. The molecule has 142 valence electrons. The van der Waals surface area contributed by atoms with Crippen LogP contribution in [0.4, 0.5) is 16.2 Å². The van der Waals surface area contributed by atoms with E-state index in [9.17, 15) is 18.0 Å². The quantitative estimate of drug-likeness (QED) is 0.626. The number of carbonyl (C=O) groups excluding carboxylic acids is 1. The van der Waals surface area contributed by atoms with Crippen LogP contribution in [0.15, 0.2) is 52.2 Å². The molecule has 9 nitrogen and oxygen atoms in total. The third-order valence-corrected chi connectivity index (χ3v) is 5.53. The van der Waals surface area contributed by atoms with Crippen molar-refractivity contribution < 1.29 is 13.2 Å². The third-order valence-electron chi connectivity index (χ3n) is 4.15. The number of nitrogens with one attached hydrogen (secondary N) is 3. The molecule has 2 aromatic carbocycles. The monoisotopic (exact) mass is 389 g/mol. The molecule has 0 fully saturated rings. The molecule has 2 amide bonds. The number of imidazole rings is 1. The molecular formula is C17H19N5O4S. The molecule has 1 heterocycles. The summed E-state index contributed by atoms with van der Waals surface area (Å²) in [6.07, 6.45) is 0. The van der Waals surface area contributed by atoms with Crippen molar-refractivity contribution in [1.29, 1.82) is 0 Å². The van der Waals surface area contributed by atoms with Crippen molar-refractivity contribution in [2.75, 3.05) is 17.1 Å². The summed E-state index contributed by atoms with van der Waals surface area (Å²) in [7, 11) is 0.815. The summed E-state index contributed by atoms with van der Waals surface area (Å²) in [5.41, 5.74) is 1.65. The van der Waals surface area contributed by atoms with Crippen LogP contribution >= 0.6 is 0 Å². The first-order valence-corrected chi connectivity index (χ1v) is 9.48. The Labute approximate surface area is 155 Å². The molecule has 0 aliphatic carbocycles. The molecule has 3 N–H and O–H groups in total. The largest absolute Gasteiger partial charge is 0.341 e. The highest BCUT2D eigenvalue weighted by molar-refractivity contribution is 7.92. The van der Waals surface area contributed by atoms with Crippen LogP contribution in [-0.4, -0.2) is 30.6 Å². The van der Waals surface area contributed by atoms with Gasteiger partial charge in [0.25, 0.3) is 10.0 Å². The number of urea groups is 1. The maximum Gasteiger partial charge on any atom is 0.328 e. The van der Waals surface area contributed by atoms with E-state index in [4.69, 9.17) is 0 Å². The SMILES string of the molecule is CNC(=O)Nc1cccc(NS(=O)(=O)c2ccc3c(c2)n(C)c(=O)n3C)c1. The summed E-state index contributed by atoms with van der Waals surface area (Å²) in [4.78, 5) is 23.4. The zero-order chi connectivity index (χ0) is 19.8. The summed E-state index contributed by atoms with van der Waals surface area (Å²) in [5, 5.41) is 4.99. The first-order chi connectivity index (χ1) is 12.7. The van der Waals surface area contributed by atoms with E-state index in [2.05, 4.69) is 15.4 Å². The summed E-state index contributed by atoms with van der Waals surface area (Å²) in [6, 6.07) is 10.4. The Kier molecular flexibility index (Phi) is 4.66. The van der Waals surface area contributed by atoms with Crippen LogP contribution in [0.5, 0.6) is 0 Å². The van der Waals surface area contributed by atoms with E-state index in [1.54, 1.807) is 38.4 Å². The maximum atomic E-state index is 12.7. The predicted molar refractivity (Wildman–Crippen MR) is 103 cm³/mol. The number of hydrogen-bond donors (Lipinski definition) is 3. The van der Waals surface area contributed by atoms with Gasteiger partial charge in [-0.1, -0.05) is 6.07 Å². The van der Waals surface area contributed by atoms with E-state index >= 15 is 0 Å². The molecule has 3 rings (SSSR count). The summed E-state index contributed by atoms with van der Waals surface area (Å²) in [6.45, 7) is 0. The topological polar surface area (TPSA) is 114 Å². The van der Waals surface area contributed by atoms with Crippen LogP contribution in [0.25, 0.3) is 11.0 Å². The fraction of sp³-hybridized carbons (Fsp3) is 0.176. The number of rotatable bonds is 4. The molecule has 0 bridgehead atoms. The van der Waals surface area contributed by atoms with Gasteiger partial charge in [-0.25, -0.2) is 18.0 Å². The van der Waals surface area contributed by atoms with E-state index in [0.717, 1.165) is 0 Å². The Bertz CT molecular complexity index is 1190. The van der Waals surface area contributed by atoms with Gasteiger partial charge < -0.3 is 10.6 Å². The predicted octanol–water partition coefficient (Wildman–Crippen LogP) is 1.43. The molecule has 0 saturated heterocycles. The molecule has 0 aliphatic rings. The smallest absolute Gasteiger partial charge is 0.328 e. The Morgan fingerprint density at radius 2 is 1.63 bits per heavy atom. The lowest BCUT2D eigenvalue weighted by Crippen LogP contribution is -2.24. The van der Waals surface area contributed by atoms with Gasteiger partial charge in [0.05, 0.1) is 21.6 Å². The highest BCUT2D eigenvalue weighted by Crippen LogP contribution is 2.22. The van der Waals surface area contributed by atoms with Crippen molar-refractivity contribution >= 4 is 38.5 Å². The standard InChI is InChI=1S/C17H19N5O4S/c1-18-16(23)19-11-5-4-6-12(9-11)20-27(25,26)13-7-8-14-15(10-13)22(3)17(24)21(14)2/h4-10,20H,1-3H3,(H2,18,19,23). The second-order valence-electron chi connectivity index (χ2n) is 5.94. The number of benzene rings is 2.